The van der Waals surface area contributed by atoms with Gasteiger partial charge in [0.25, 0.3) is 0 Å². The first-order valence-corrected chi connectivity index (χ1v) is 7.46. The van der Waals surface area contributed by atoms with E-state index in [2.05, 4.69) is 0 Å². The van der Waals surface area contributed by atoms with Crippen molar-refractivity contribution < 1.29 is 4.79 Å². The third kappa shape index (κ3) is 2.97. The Balaban J connectivity index is 1.94. The molecule has 0 aromatic rings. The van der Waals surface area contributed by atoms with E-state index in [1.165, 1.54) is 25.7 Å². The van der Waals surface area contributed by atoms with Crippen molar-refractivity contribution in [3.05, 3.63) is 0 Å². The molecule has 1 aliphatic carbocycles. The molecular weight excluding hydrogens is 226 g/mol. The predicted molar refractivity (Wildman–Crippen MR) is 73.4 cm³/mol. The molecule has 1 saturated heterocycles. The summed E-state index contributed by atoms with van der Waals surface area (Å²) in [5.74, 6) is 0.505. The van der Waals surface area contributed by atoms with Gasteiger partial charge in [0.15, 0.2) is 0 Å². The summed E-state index contributed by atoms with van der Waals surface area (Å²) in [4.78, 5) is 16.5. The number of carbonyl (C=O) groups is 1. The number of nitrogens with zero attached hydrogens (tertiary/aromatic N) is 2. The highest BCUT2D eigenvalue weighted by Gasteiger charge is 2.33. The Hall–Kier alpha value is -0.770. The molecule has 2 amide bonds. The van der Waals surface area contributed by atoms with Crippen molar-refractivity contribution in [2.45, 2.75) is 51.0 Å². The standard InChI is InChI=1S/C14H27N3O/c1-16(13-8-6-7-12(13)11-15)14(18)17-9-4-2-3-5-10-17/h12-13H,2-11,15H2,1H3. The second kappa shape index (κ2) is 6.41. The van der Waals surface area contributed by atoms with Gasteiger partial charge in [0, 0.05) is 26.2 Å². The molecule has 2 N–H and O–H groups in total. The topological polar surface area (TPSA) is 49.6 Å². The van der Waals surface area contributed by atoms with Crippen LogP contribution in [0.25, 0.3) is 0 Å². The molecule has 0 aromatic heterocycles. The Morgan fingerprint density at radius 2 is 1.83 bits per heavy atom. The van der Waals surface area contributed by atoms with Gasteiger partial charge in [-0.05, 0) is 38.1 Å². The van der Waals surface area contributed by atoms with Crippen LogP contribution in [0.2, 0.25) is 0 Å². The van der Waals surface area contributed by atoms with Crippen molar-refractivity contribution in [1.29, 1.82) is 0 Å². The average Bonchev–Trinajstić information content (AvgIpc) is 2.70. The molecule has 18 heavy (non-hydrogen) atoms. The zero-order valence-electron chi connectivity index (χ0n) is 11.6. The Morgan fingerprint density at radius 1 is 1.17 bits per heavy atom. The highest BCUT2D eigenvalue weighted by molar-refractivity contribution is 5.74. The fourth-order valence-electron chi connectivity index (χ4n) is 3.43. The molecule has 104 valence electrons. The van der Waals surface area contributed by atoms with Gasteiger partial charge in [-0.1, -0.05) is 19.3 Å². The van der Waals surface area contributed by atoms with Crippen LogP contribution >= 0.6 is 0 Å². The van der Waals surface area contributed by atoms with Crippen molar-refractivity contribution in [2.24, 2.45) is 11.7 Å². The van der Waals surface area contributed by atoms with Crippen molar-refractivity contribution in [1.82, 2.24) is 9.80 Å². The van der Waals surface area contributed by atoms with Gasteiger partial charge in [-0.3, -0.25) is 0 Å². The first-order valence-electron chi connectivity index (χ1n) is 7.46. The molecule has 2 unspecified atom stereocenters. The second-order valence-corrected chi connectivity index (χ2v) is 5.79. The number of amides is 2. The molecule has 1 saturated carbocycles. The van der Waals surface area contributed by atoms with Gasteiger partial charge in [0.2, 0.25) is 0 Å². The number of hydrogen-bond donors (Lipinski definition) is 1. The third-order valence-corrected chi connectivity index (χ3v) is 4.60. The maximum atomic E-state index is 12.5. The Kier molecular flexibility index (Phi) is 4.87. The molecule has 2 aliphatic rings. The largest absolute Gasteiger partial charge is 0.330 e. The van der Waals surface area contributed by atoms with Gasteiger partial charge >= 0.3 is 6.03 Å². The molecule has 0 spiro atoms. The lowest BCUT2D eigenvalue weighted by atomic mass is 10.0. The summed E-state index contributed by atoms with van der Waals surface area (Å²) < 4.78 is 0. The normalized spacial score (nSPS) is 29.1. The molecule has 0 aromatic carbocycles. The monoisotopic (exact) mass is 253 g/mol. The number of nitrogens with two attached hydrogens (primary N) is 1. The van der Waals surface area contributed by atoms with Gasteiger partial charge in [0.05, 0.1) is 0 Å². The van der Waals surface area contributed by atoms with Gasteiger partial charge in [0.1, 0.15) is 0 Å². The van der Waals surface area contributed by atoms with Crippen molar-refractivity contribution in [2.75, 3.05) is 26.7 Å². The van der Waals surface area contributed by atoms with E-state index in [1.807, 2.05) is 16.8 Å². The van der Waals surface area contributed by atoms with E-state index in [-0.39, 0.29) is 6.03 Å². The first kappa shape index (κ1) is 13.7. The smallest absolute Gasteiger partial charge is 0.319 e. The van der Waals surface area contributed by atoms with Crippen LogP contribution in [0, 0.1) is 5.92 Å². The molecular formula is C14H27N3O. The van der Waals surface area contributed by atoms with Gasteiger partial charge in [-0.25, -0.2) is 4.79 Å². The molecule has 4 nitrogen and oxygen atoms in total. The SMILES string of the molecule is CN(C(=O)N1CCCCCC1)C1CCCC1CN. The van der Waals surface area contributed by atoms with Crippen LogP contribution in [-0.2, 0) is 0 Å². The molecule has 2 rings (SSSR count). The lowest BCUT2D eigenvalue weighted by Gasteiger charge is -2.33. The maximum absolute atomic E-state index is 12.5. The van der Waals surface area contributed by atoms with Crippen molar-refractivity contribution in [3.8, 4) is 0 Å². The molecule has 2 fully saturated rings. The van der Waals surface area contributed by atoms with Crippen LogP contribution in [0.4, 0.5) is 4.79 Å². The minimum Gasteiger partial charge on any atom is -0.330 e. The molecule has 4 heteroatoms. The van der Waals surface area contributed by atoms with Crippen molar-refractivity contribution in [3.63, 3.8) is 0 Å². The van der Waals surface area contributed by atoms with Crippen LogP contribution in [0.15, 0.2) is 0 Å². The molecule has 2 atom stereocenters. The fraction of sp³-hybridized carbons (Fsp3) is 0.929. The average molecular weight is 253 g/mol. The minimum atomic E-state index is 0.224. The second-order valence-electron chi connectivity index (χ2n) is 5.79. The van der Waals surface area contributed by atoms with E-state index in [1.54, 1.807) is 0 Å². The number of hydrogen-bond acceptors (Lipinski definition) is 2. The number of carbonyl (C=O) groups excluding carboxylic acids is 1. The van der Waals surface area contributed by atoms with E-state index in [9.17, 15) is 4.79 Å². The summed E-state index contributed by atoms with van der Waals surface area (Å²) in [5.41, 5.74) is 5.81. The summed E-state index contributed by atoms with van der Waals surface area (Å²) in [6.07, 6.45) is 8.36. The summed E-state index contributed by atoms with van der Waals surface area (Å²) in [6, 6.07) is 0.591. The highest BCUT2D eigenvalue weighted by Crippen LogP contribution is 2.29. The third-order valence-electron chi connectivity index (χ3n) is 4.60. The molecule has 1 heterocycles. The lowest BCUT2D eigenvalue weighted by Crippen LogP contribution is -2.48. The minimum absolute atomic E-state index is 0.224. The van der Waals surface area contributed by atoms with Gasteiger partial charge in [-0.15, -0.1) is 0 Å². The summed E-state index contributed by atoms with van der Waals surface area (Å²) in [5, 5.41) is 0. The summed E-state index contributed by atoms with van der Waals surface area (Å²) in [7, 11) is 1.96. The van der Waals surface area contributed by atoms with E-state index >= 15 is 0 Å². The van der Waals surface area contributed by atoms with Gasteiger partial charge < -0.3 is 15.5 Å². The summed E-state index contributed by atoms with van der Waals surface area (Å²) >= 11 is 0. The van der Waals surface area contributed by atoms with E-state index < -0.39 is 0 Å². The van der Waals surface area contributed by atoms with Crippen LogP contribution in [0.3, 0.4) is 0 Å². The van der Waals surface area contributed by atoms with E-state index in [0.717, 1.165) is 32.4 Å². The maximum Gasteiger partial charge on any atom is 0.319 e. The Morgan fingerprint density at radius 3 is 2.44 bits per heavy atom. The van der Waals surface area contributed by atoms with Crippen LogP contribution < -0.4 is 5.73 Å². The number of urea groups is 1. The van der Waals surface area contributed by atoms with Crippen LogP contribution in [0.5, 0.6) is 0 Å². The van der Waals surface area contributed by atoms with Gasteiger partial charge in [-0.2, -0.15) is 0 Å². The van der Waals surface area contributed by atoms with Crippen molar-refractivity contribution >= 4 is 6.03 Å². The highest BCUT2D eigenvalue weighted by atomic mass is 16.2. The zero-order valence-corrected chi connectivity index (χ0v) is 11.6. The molecule has 0 bridgehead atoms. The van der Waals surface area contributed by atoms with Crippen LogP contribution in [0.1, 0.15) is 44.9 Å². The van der Waals surface area contributed by atoms with E-state index in [0.29, 0.717) is 18.5 Å². The lowest BCUT2D eigenvalue weighted by molar-refractivity contribution is 0.137. The number of likely N-dealkylation sites (tertiary alicyclic amines) is 1. The van der Waals surface area contributed by atoms with Crippen LogP contribution in [-0.4, -0.2) is 48.6 Å². The Bertz CT molecular complexity index is 274. The molecule has 0 radical (unpaired) electrons. The van der Waals surface area contributed by atoms with E-state index in [4.69, 9.17) is 5.73 Å². The quantitative estimate of drug-likeness (QED) is 0.818. The first-order chi connectivity index (χ1) is 8.74. The summed E-state index contributed by atoms with van der Waals surface area (Å²) in [6.45, 7) is 2.58. The molecule has 1 aliphatic heterocycles. The Labute approximate surface area is 110 Å². The zero-order chi connectivity index (χ0) is 13.0. The fourth-order valence-corrected chi connectivity index (χ4v) is 3.43. The number of rotatable bonds is 2. The predicted octanol–water partition coefficient (Wildman–Crippen LogP) is 2.04.